The topological polar surface area (TPSA) is 114 Å². The Labute approximate surface area is 122 Å². The molecule has 0 heterocycles. The van der Waals surface area contributed by atoms with E-state index >= 15 is 0 Å². The van der Waals surface area contributed by atoms with Crippen molar-refractivity contribution in [1.29, 1.82) is 0 Å². The molecule has 0 saturated carbocycles. The third-order valence-electron chi connectivity index (χ3n) is 2.38. The molecule has 2 aromatic carbocycles. The number of rotatable bonds is 2. The van der Waals surface area contributed by atoms with Crippen molar-refractivity contribution in [2.45, 2.75) is 9.79 Å². The van der Waals surface area contributed by atoms with E-state index in [1.165, 1.54) is 24.3 Å². The summed E-state index contributed by atoms with van der Waals surface area (Å²) in [6.45, 7) is 0. The second-order valence-electron chi connectivity index (χ2n) is 3.52. The molecule has 19 heavy (non-hydrogen) atoms. The fraction of sp³-hybridized carbons (Fsp3) is 0. The minimum atomic E-state index is -4.74. The van der Waals surface area contributed by atoms with Crippen molar-refractivity contribution in [3.8, 4) is 0 Å². The first-order valence-corrected chi connectivity index (χ1v) is 7.46. The van der Waals surface area contributed by atoms with Crippen LogP contribution in [0.1, 0.15) is 0 Å². The Kier molecular flexibility index (Phi) is 4.48. The molecule has 0 aliphatic rings. The molecule has 0 fully saturated rings. The van der Waals surface area contributed by atoms with Gasteiger partial charge in [0.15, 0.2) is 0 Å². The van der Waals surface area contributed by atoms with E-state index in [0.717, 1.165) is 12.1 Å². The monoisotopic (exact) mass is 350 g/mol. The molecular weight excluding hydrogens is 346 g/mol. The van der Waals surface area contributed by atoms with E-state index in [1.807, 2.05) is 0 Å². The van der Waals surface area contributed by atoms with Gasteiger partial charge in [-0.15, -0.1) is 0 Å². The zero-order valence-corrected chi connectivity index (χ0v) is 14.0. The van der Waals surface area contributed by atoms with Crippen molar-refractivity contribution in [1.82, 2.24) is 0 Å². The van der Waals surface area contributed by atoms with E-state index in [0.29, 0.717) is 0 Å². The first-order chi connectivity index (χ1) is 8.21. The summed E-state index contributed by atoms with van der Waals surface area (Å²) in [5.41, 5.74) is 0. The van der Waals surface area contributed by atoms with Gasteiger partial charge in [0, 0.05) is 10.8 Å². The van der Waals surface area contributed by atoms with Crippen molar-refractivity contribution >= 4 is 31.0 Å². The molecule has 0 bridgehead atoms. The second kappa shape index (κ2) is 5.26. The maximum absolute atomic E-state index is 11.0. The predicted molar refractivity (Wildman–Crippen MR) is 59.9 cm³/mol. The van der Waals surface area contributed by atoms with Gasteiger partial charge in [0.25, 0.3) is 0 Å². The van der Waals surface area contributed by atoms with Gasteiger partial charge >= 0.3 is 19.5 Å². The first-order valence-electron chi connectivity index (χ1n) is 4.65. The van der Waals surface area contributed by atoms with Crippen LogP contribution in [0.25, 0.3) is 10.8 Å². The van der Waals surface area contributed by atoms with Crippen LogP contribution in [0.2, 0.25) is 0 Å². The molecule has 0 radical (unpaired) electrons. The van der Waals surface area contributed by atoms with Crippen molar-refractivity contribution in [3.05, 3.63) is 36.4 Å². The Morgan fingerprint density at radius 1 is 0.684 bits per heavy atom. The van der Waals surface area contributed by atoms with Crippen LogP contribution in [-0.2, 0) is 39.7 Å². The molecule has 0 N–H and O–H groups in total. The van der Waals surface area contributed by atoms with Crippen LogP contribution in [0.15, 0.2) is 46.2 Å². The van der Waals surface area contributed by atoms with Crippen LogP contribution in [0.5, 0.6) is 0 Å². The Balaban J connectivity index is 0.00000180. The van der Waals surface area contributed by atoms with Crippen LogP contribution in [0.4, 0.5) is 0 Å². The van der Waals surface area contributed by atoms with Gasteiger partial charge in [-0.3, -0.25) is 0 Å². The third kappa shape index (κ3) is 3.18. The van der Waals surface area contributed by atoms with Gasteiger partial charge in [0.2, 0.25) is 0 Å². The Morgan fingerprint density at radius 3 is 1.26 bits per heavy atom. The zero-order valence-electron chi connectivity index (χ0n) is 9.44. The van der Waals surface area contributed by atoms with Crippen molar-refractivity contribution in [2.24, 2.45) is 0 Å². The number of fused-ring (bicyclic) bond motifs is 1. The summed E-state index contributed by atoms with van der Waals surface area (Å²) in [5, 5.41) is -0.158. The number of hydrogen-bond acceptors (Lipinski definition) is 6. The van der Waals surface area contributed by atoms with E-state index in [4.69, 9.17) is 0 Å². The molecule has 0 saturated heterocycles. The fourth-order valence-electron chi connectivity index (χ4n) is 1.69. The summed E-state index contributed by atoms with van der Waals surface area (Å²) >= 11 is 0. The molecule has 0 amide bonds. The summed E-state index contributed by atoms with van der Waals surface area (Å²) in [5.74, 6) is 0. The normalized spacial score (nSPS) is 12.1. The molecule has 0 spiro atoms. The smallest absolute Gasteiger partial charge is 0.744 e. The van der Waals surface area contributed by atoms with Crippen LogP contribution in [0.3, 0.4) is 0 Å². The van der Waals surface area contributed by atoms with Crippen LogP contribution in [0, 0.1) is 0 Å². The van der Waals surface area contributed by atoms with Gasteiger partial charge in [-0.2, -0.15) is 0 Å². The molecule has 96 valence electrons. The molecular formula is C10H6O6S2Zn. The van der Waals surface area contributed by atoms with Crippen LogP contribution >= 0.6 is 0 Å². The fourth-order valence-corrected chi connectivity index (χ4v) is 3.07. The molecule has 0 atom stereocenters. The van der Waals surface area contributed by atoms with Crippen molar-refractivity contribution in [2.75, 3.05) is 0 Å². The van der Waals surface area contributed by atoms with Gasteiger partial charge in [-0.1, -0.05) is 24.3 Å². The molecule has 0 aromatic heterocycles. The minimum Gasteiger partial charge on any atom is -0.744 e. The molecule has 6 nitrogen and oxygen atoms in total. The minimum absolute atomic E-state index is 0. The van der Waals surface area contributed by atoms with Crippen LogP contribution < -0.4 is 0 Å². The van der Waals surface area contributed by atoms with Crippen molar-refractivity contribution in [3.63, 3.8) is 0 Å². The SMILES string of the molecule is O=S(=O)([O-])c1cccc2c(S(=O)(=O)[O-])cccc12.[Zn+2]. The van der Waals surface area contributed by atoms with E-state index in [2.05, 4.69) is 0 Å². The molecule has 0 unspecified atom stereocenters. The Morgan fingerprint density at radius 2 is 1.00 bits per heavy atom. The van der Waals surface area contributed by atoms with Gasteiger partial charge < -0.3 is 9.11 Å². The van der Waals surface area contributed by atoms with Crippen molar-refractivity contribution < 1.29 is 45.4 Å². The van der Waals surface area contributed by atoms with E-state index in [9.17, 15) is 25.9 Å². The Bertz CT molecular complexity index is 755. The zero-order chi connectivity index (χ0) is 13.6. The second-order valence-corrected chi connectivity index (χ2v) is 6.21. The van der Waals surface area contributed by atoms with E-state index in [1.54, 1.807) is 0 Å². The molecule has 2 rings (SSSR count). The quantitative estimate of drug-likeness (QED) is 0.579. The first kappa shape index (κ1) is 16.2. The van der Waals surface area contributed by atoms with Gasteiger partial charge in [-0.05, 0) is 12.1 Å². The molecule has 0 aliphatic carbocycles. The van der Waals surface area contributed by atoms with Crippen LogP contribution in [-0.4, -0.2) is 25.9 Å². The standard InChI is InChI=1S/C10H8O6S2.Zn/c11-17(12,13)9-5-1-3-7-8(9)4-2-6-10(7)18(14,15)16;/h1-6H,(H,11,12,13)(H,14,15,16);/q;+2/p-2. The van der Waals surface area contributed by atoms with E-state index in [-0.39, 0.29) is 30.3 Å². The summed E-state index contributed by atoms with van der Waals surface area (Å²) < 4.78 is 66.1. The maximum atomic E-state index is 11.0. The summed E-state index contributed by atoms with van der Waals surface area (Å²) in [6, 6.07) is 7.09. The average molecular weight is 352 g/mol. The maximum Gasteiger partial charge on any atom is 2.00 e. The van der Waals surface area contributed by atoms with Gasteiger partial charge in [0.1, 0.15) is 20.2 Å². The molecule has 2 aromatic rings. The number of hydrogen-bond donors (Lipinski definition) is 0. The Hall–Kier alpha value is -0.857. The van der Waals surface area contributed by atoms with Gasteiger partial charge in [0.05, 0.1) is 9.79 Å². The molecule has 9 heteroatoms. The average Bonchev–Trinajstić information content (AvgIpc) is 2.24. The number of benzene rings is 2. The summed E-state index contributed by atoms with van der Waals surface area (Å²) in [4.78, 5) is -1.10. The molecule has 0 aliphatic heterocycles. The predicted octanol–water partition coefficient (Wildman–Crippen LogP) is 0.646. The third-order valence-corrected chi connectivity index (χ3v) is 4.17. The summed E-state index contributed by atoms with van der Waals surface area (Å²) in [7, 11) is -9.48. The summed E-state index contributed by atoms with van der Waals surface area (Å²) in [6.07, 6.45) is 0. The largest absolute Gasteiger partial charge is 2.00 e. The van der Waals surface area contributed by atoms with E-state index < -0.39 is 30.0 Å². The van der Waals surface area contributed by atoms with Gasteiger partial charge in [-0.25, -0.2) is 16.8 Å².